The fourth-order valence-corrected chi connectivity index (χ4v) is 3.41. The molecular formula is C23H21BrN6O2. The topological polar surface area (TPSA) is 94.0 Å². The Morgan fingerprint density at radius 3 is 2.59 bits per heavy atom. The predicted molar refractivity (Wildman–Crippen MR) is 125 cm³/mol. The fourth-order valence-electron chi connectivity index (χ4n) is 3.03. The van der Waals surface area contributed by atoms with Gasteiger partial charge in [0.05, 0.1) is 17.6 Å². The average molecular weight is 493 g/mol. The van der Waals surface area contributed by atoms with Crippen molar-refractivity contribution in [3.8, 4) is 17.4 Å². The second kappa shape index (κ2) is 9.61. The summed E-state index contributed by atoms with van der Waals surface area (Å²) in [7, 11) is 0. The van der Waals surface area contributed by atoms with Crippen LogP contribution in [0.3, 0.4) is 0 Å². The third-order valence-electron chi connectivity index (χ3n) is 4.50. The normalized spacial score (nSPS) is 10.6. The van der Waals surface area contributed by atoms with Crippen molar-refractivity contribution in [2.75, 3.05) is 5.32 Å². The molecule has 0 fully saturated rings. The van der Waals surface area contributed by atoms with Crippen molar-refractivity contribution in [3.63, 3.8) is 0 Å². The molecule has 0 saturated carbocycles. The molecule has 4 aromatic rings. The van der Waals surface area contributed by atoms with Crippen molar-refractivity contribution in [2.45, 2.75) is 20.4 Å². The number of benzene rings is 1. The van der Waals surface area contributed by atoms with E-state index in [2.05, 4.69) is 41.6 Å². The van der Waals surface area contributed by atoms with Crippen LogP contribution in [-0.2, 0) is 6.54 Å². The number of ether oxygens (including phenoxy) is 1. The third-order valence-corrected chi connectivity index (χ3v) is 4.99. The molecule has 0 bridgehead atoms. The molecule has 2 N–H and O–H groups in total. The molecule has 162 valence electrons. The van der Waals surface area contributed by atoms with Crippen molar-refractivity contribution in [2.24, 2.45) is 0 Å². The van der Waals surface area contributed by atoms with Crippen LogP contribution in [0.5, 0.6) is 11.6 Å². The van der Waals surface area contributed by atoms with Gasteiger partial charge in [-0.3, -0.25) is 0 Å². The van der Waals surface area contributed by atoms with Gasteiger partial charge in [-0.1, -0.05) is 28.1 Å². The molecule has 32 heavy (non-hydrogen) atoms. The monoisotopic (exact) mass is 492 g/mol. The van der Waals surface area contributed by atoms with Crippen LogP contribution < -0.4 is 15.4 Å². The van der Waals surface area contributed by atoms with Gasteiger partial charge in [-0.2, -0.15) is 5.10 Å². The summed E-state index contributed by atoms with van der Waals surface area (Å²) in [5.41, 5.74) is 3.39. The smallest absolute Gasteiger partial charge is 0.319 e. The summed E-state index contributed by atoms with van der Waals surface area (Å²) in [6.07, 6.45) is 3.26. The first-order valence-corrected chi connectivity index (χ1v) is 10.7. The molecule has 0 aliphatic heterocycles. The molecule has 0 aliphatic rings. The Morgan fingerprint density at radius 1 is 1.06 bits per heavy atom. The van der Waals surface area contributed by atoms with E-state index in [1.165, 1.54) is 6.20 Å². The van der Waals surface area contributed by atoms with Crippen LogP contribution in [0, 0.1) is 13.8 Å². The highest BCUT2D eigenvalue weighted by Crippen LogP contribution is 2.23. The van der Waals surface area contributed by atoms with Crippen LogP contribution in [-0.4, -0.2) is 25.8 Å². The maximum absolute atomic E-state index is 12.2. The molecule has 3 aromatic heterocycles. The number of nitrogens with zero attached hydrogens (tertiary/aromatic N) is 4. The number of carbonyl (C=O) groups is 1. The van der Waals surface area contributed by atoms with Gasteiger partial charge in [-0.05, 0) is 55.8 Å². The second-order valence-electron chi connectivity index (χ2n) is 7.12. The standard InChI is InChI=1S/C23H21BrN6O2/c1-15-10-16(2)30(29-15)21-8-6-17(12-25-21)13-27-23(31)28-19-7-9-22(26-14-19)32-20-5-3-4-18(24)11-20/h3-12,14H,13H2,1-2H3,(H2,27,28,31). The van der Waals surface area contributed by atoms with Crippen molar-refractivity contribution in [3.05, 3.63) is 88.4 Å². The van der Waals surface area contributed by atoms with Gasteiger partial charge in [0, 0.05) is 29.0 Å². The van der Waals surface area contributed by atoms with Crippen LogP contribution in [0.1, 0.15) is 17.0 Å². The molecule has 3 heterocycles. The first-order valence-electron chi connectivity index (χ1n) is 9.89. The zero-order valence-electron chi connectivity index (χ0n) is 17.5. The molecule has 0 aliphatic carbocycles. The Morgan fingerprint density at radius 2 is 1.94 bits per heavy atom. The lowest BCUT2D eigenvalue weighted by Gasteiger charge is -2.09. The van der Waals surface area contributed by atoms with E-state index >= 15 is 0 Å². The number of halogens is 1. The summed E-state index contributed by atoms with van der Waals surface area (Å²) in [5, 5.41) is 9.98. The van der Waals surface area contributed by atoms with E-state index in [4.69, 9.17) is 4.74 Å². The van der Waals surface area contributed by atoms with Gasteiger partial charge < -0.3 is 15.4 Å². The van der Waals surface area contributed by atoms with Crippen molar-refractivity contribution >= 4 is 27.6 Å². The number of pyridine rings is 2. The van der Waals surface area contributed by atoms with Crippen LogP contribution in [0.25, 0.3) is 5.82 Å². The van der Waals surface area contributed by atoms with Crippen LogP contribution in [0.15, 0.2) is 71.5 Å². The molecule has 0 spiro atoms. The number of rotatable bonds is 6. The first kappa shape index (κ1) is 21.5. The number of hydrogen-bond donors (Lipinski definition) is 2. The summed E-state index contributed by atoms with van der Waals surface area (Å²) in [5.74, 6) is 1.84. The third kappa shape index (κ3) is 5.50. The van der Waals surface area contributed by atoms with Gasteiger partial charge in [0.1, 0.15) is 5.75 Å². The molecule has 0 unspecified atom stereocenters. The highest BCUT2D eigenvalue weighted by atomic mass is 79.9. The van der Waals surface area contributed by atoms with E-state index in [9.17, 15) is 4.79 Å². The number of nitrogens with one attached hydrogen (secondary N) is 2. The largest absolute Gasteiger partial charge is 0.439 e. The Hall–Kier alpha value is -3.72. The van der Waals surface area contributed by atoms with Gasteiger partial charge in [0.15, 0.2) is 5.82 Å². The van der Waals surface area contributed by atoms with Crippen LogP contribution >= 0.6 is 15.9 Å². The molecule has 2 amide bonds. The number of amides is 2. The molecule has 4 rings (SSSR count). The number of carbonyl (C=O) groups excluding carboxylic acids is 1. The maximum Gasteiger partial charge on any atom is 0.319 e. The Kier molecular flexibility index (Phi) is 6.46. The summed E-state index contributed by atoms with van der Waals surface area (Å²) in [6.45, 7) is 4.27. The molecular weight excluding hydrogens is 472 g/mol. The zero-order chi connectivity index (χ0) is 22.5. The Bertz CT molecular complexity index is 1220. The van der Waals surface area contributed by atoms with E-state index in [-0.39, 0.29) is 6.03 Å². The maximum atomic E-state index is 12.2. The lowest BCUT2D eigenvalue weighted by atomic mass is 10.3. The number of urea groups is 1. The van der Waals surface area contributed by atoms with E-state index in [0.717, 1.165) is 27.2 Å². The SMILES string of the molecule is Cc1cc(C)n(-c2ccc(CNC(=O)Nc3ccc(Oc4cccc(Br)c4)nc3)cn2)n1. The number of aromatic nitrogens is 4. The van der Waals surface area contributed by atoms with Crippen molar-refractivity contribution in [1.29, 1.82) is 0 Å². The predicted octanol–water partition coefficient (Wildman–Crippen LogP) is 5.16. The number of aryl methyl sites for hydroxylation is 2. The highest BCUT2D eigenvalue weighted by molar-refractivity contribution is 9.10. The minimum Gasteiger partial charge on any atom is -0.439 e. The average Bonchev–Trinajstić information content (AvgIpc) is 3.12. The van der Waals surface area contributed by atoms with Crippen molar-refractivity contribution in [1.82, 2.24) is 25.1 Å². The molecule has 0 atom stereocenters. The molecule has 0 radical (unpaired) electrons. The lowest BCUT2D eigenvalue weighted by molar-refractivity contribution is 0.251. The van der Waals surface area contributed by atoms with Gasteiger partial charge in [-0.25, -0.2) is 19.4 Å². The summed E-state index contributed by atoms with van der Waals surface area (Å²) >= 11 is 3.40. The second-order valence-corrected chi connectivity index (χ2v) is 8.03. The minimum absolute atomic E-state index is 0.338. The number of anilines is 1. The van der Waals surface area contributed by atoms with E-state index in [0.29, 0.717) is 23.9 Å². The number of hydrogen-bond acceptors (Lipinski definition) is 5. The van der Waals surface area contributed by atoms with Crippen molar-refractivity contribution < 1.29 is 9.53 Å². The lowest BCUT2D eigenvalue weighted by Crippen LogP contribution is -2.28. The minimum atomic E-state index is -0.338. The van der Waals surface area contributed by atoms with E-state index in [1.807, 2.05) is 56.3 Å². The highest BCUT2D eigenvalue weighted by Gasteiger charge is 2.07. The van der Waals surface area contributed by atoms with Gasteiger partial charge >= 0.3 is 6.03 Å². The Labute approximate surface area is 193 Å². The molecule has 9 heteroatoms. The van der Waals surface area contributed by atoms with E-state index in [1.54, 1.807) is 23.0 Å². The van der Waals surface area contributed by atoms with Crippen LogP contribution in [0.4, 0.5) is 10.5 Å². The molecule has 1 aromatic carbocycles. The summed E-state index contributed by atoms with van der Waals surface area (Å²) in [6, 6.07) is 16.3. The fraction of sp³-hybridized carbons (Fsp3) is 0.130. The first-order chi connectivity index (χ1) is 15.5. The summed E-state index contributed by atoms with van der Waals surface area (Å²) in [4.78, 5) is 20.9. The van der Waals surface area contributed by atoms with E-state index < -0.39 is 0 Å². The zero-order valence-corrected chi connectivity index (χ0v) is 19.1. The molecule has 0 saturated heterocycles. The Balaban J connectivity index is 1.28. The van der Waals surface area contributed by atoms with Crippen LogP contribution in [0.2, 0.25) is 0 Å². The quantitative estimate of drug-likeness (QED) is 0.387. The van der Waals surface area contributed by atoms with Gasteiger partial charge in [0.25, 0.3) is 0 Å². The van der Waals surface area contributed by atoms with Gasteiger partial charge in [-0.15, -0.1) is 0 Å². The van der Waals surface area contributed by atoms with Gasteiger partial charge in [0.2, 0.25) is 5.88 Å². The summed E-state index contributed by atoms with van der Waals surface area (Å²) < 4.78 is 8.40. The molecule has 8 nitrogen and oxygen atoms in total.